The standard InChI is InChI=1S/C16H12N.C13H24O2.Ir/c1-12-7-8-15-14(11-12)9-10-17-16(15)13-5-3-2-4-6-13;1-12(2)6-5-8-7-13(3,4)11(15)9(8)10(12)14;/h2-5,7-11H,1H3;8-11,14-15H,5-7H2,1-4H3;/q-1;;. The van der Waals surface area contributed by atoms with Gasteiger partial charge in [0.25, 0.3) is 0 Å². The third-order valence-electron chi connectivity index (χ3n) is 7.71. The van der Waals surface area contributed by atoms with Gasteiger partial charge in [0.2, 0.25) is 0 Å². The number of rotatable bonds is 1. The predicted molar refractivity (Wildman–Crippen MR) is 131 cm³/mol. The van der Waals surface area contributed by atoms with E-state index in [-0.39, 0.29) is 49.1 Å². The minimum Gasteiger partial charge on any atom is -0.392 e. The van der Waals surface area contributed by atoms with Crippen molar-refractivity contribution in [3.8, 4) is 11.3 Å². The van der Waals surface area contributed by atoms with E-state index in [4.69, 9.17) is 0 Å². The van der Waals surface area contributed by atoms with Crippen LogP contribution >= 0.6 is 0 Å². The zero-order valence-electron chi connectivity index (χ0n) is 20.3. The van der Waals surface area contributed by atoms with Crippen LogP contribution in [0.25, 0.3) is 22.0 Å². The van der Waals surface area contributed by atoms with E-state index in [0.717, 1.165) is 30.5 Å². The van der Waals surface area contributed by atoms with Gasteiger partial charge in [-0.15, -0.1) is 35.9 Å². The van der Waals surface area contributed by atoms with Crippen LogP contribution in [0.3, 0.4) is 0 Å². The summed E-state index contributed by atoms with van der Waals surface area (Å²) in [5.74, 6) is 0.627. The van der Waals surface area contributed by atoms with E-state index < -0.39 is 0 Å². The number of aryl methyl sites for hydroxylation is 1. The quantitative estimate of drug-likeness (QED) is 0.318. The SMILES string of the molecule is CC1(C)CCC2CC(C)(C)C(O)C2C1O.Cc1ccc2c(-c3[c-]cccc3)nccc2c1.[Ir]. The Labute approximate surface area is 212 Å². The van der Waals surface area contributed by atoms with Gasteiger partial charge in [-0.25, -0.2) is 0 Å². The van der Waals surface area contributed by atoms with Gasteiger partial charge in [0.15, 0.2) is 0 Å². The Morgan fingerprint density at radius 1 is 0.970 bits per heavy atom. The molecule has 3 aromatic rings. The monoisotopic (exact) mass is 623 g/mol. The van der Waals surface area contributed by atoms with Crippen LogP contribution < -0.4 is 0 Å². The molecule has 2 aliphatic rings. The average Bonchev–Trinajstić information content (AvgIpc) is 3.00. The zero-order chi connectivity index (χ0) is 23.1. The van der Waals surface area contributed by atoms with Crippen LogP contribution in [0.2, 0.25) is 0 Å². The zero-order valence-corrected chi connectivity index (χ0v) is 22.7. The van der Waals surface area contributed by atoms with E-state index >= 15 is 0 Å². The summed E-state index contributed by atoms with van der Waals surface area (Å²) in [5.41, 5.74) is 3.27. The molecule has 2 N–H and O–H groups in total. The summed E-state index contributed by atoms with van der Waals surface area (Å²) < 4.78 is 0. The molecule has 1 radical (unpaired) electrons. The Bertz CT molecular complexity index is 1080. The third kappa shape index (κ3) is 5.25. The number of benzene rings is 2. The Morgan fingerprint density at radius 2 is 1.70 bits per heavy atom. The van der Waals surface area contributed by atoms with Crippen molar-refractivity contribution in [3.05, 3.63) is 66.4 Å². The molecule has 2 saturated carbocycles. The van der Waals surface area contributed by atoms with E-state index in [1.165, 1.54) is 16.3 Å². The largest absolute Gasteiger partial charge is 0.392 e. The van der Waals surface area contributed by atoms with Crippen LogP contribution in [0.5, 0.6) is 0 Å². The minimum atomic E-state index is -0.340. The van der Waals surface area contributed by atoms with Gasteiger partial charge in [-0.1, -0.05) is 51.5 Å². The second kappa shape index (κ2) is 9.96. The third-order valence-corrected chi connectivity index (χ3v) is 7.71. The van der Waals surface area contributed by atoms with Gasteiger partial charge in [-0.2, -0.15) is 0 Å². The number of pyridine rings is 1. The molecule has 0 aliphatic heterocycles. The van der Waals surface area contributed by atoms with Crippen LogP contribution in [-0.2, 0) is 20.1 Å². The van der Waals surface area contributed by atoms with Gasteiger partial charge in [0.05, 0.1) is 12.2 Å². The molecule has 4 atom stereocenters. The summed E-state index contributed by atoms with van der Waals surface area (Å²) in [4.78, 5) is 4.48. The van der Waals surface area contributed by atoms with Crippen LogP contribution in [0.1, 0.15) is 52.5 Å². The van der Waals surface area contributed by atoms with Crippen molar-refractivity contribution in [1.29, 1.82) is 0 Å². The molecular formula is C29H36IrNO2-. The van der Waals surface area contributed by atoms with Gasteiger partial charge in [-0.05, 0) is 65.5 Å². The van der Waals surface area contributed by atoms with Crippen LogP contribution in [0, 0.1) is 35.7 Å². The van der Waals surface area contributed by atoms with Gasteiger partial charge in [-0.3, -0.25) is 0 Å². The number of aromatic nitrogens is 1. The fourth-order valence-electron chi connectivity index (χ4n) is 5.72. The van der Waals surface area contributed by atoms with E-state index in [1.54, 1.807) is 0 Å². The molecule has 1 aromatic heterocycles. The molecule has 4 unspecified atom stereocenters. The van der Waals surface area contributed by atoms with Gasteiger partial charge in [0, 0.05) is 32.2 Å². The molecule has 2 fully saturated rings. The van der Waals surface area contributed by atoms with Crippen LogP contribution in [0.4, 0.5) is 0 Å². The smallest absolute Gasteiger partial charge is 0.0646 e. The Balaban J connectivity index is 0.000000182. The van der Waals surface area contributed by atoms with E-state index in [1.807, 2.05) is 30.5 Å². The molecule has 1 heterocycles. The van der Waals surface area contributed by atoms with E-state index in [0.29, 0.717) is 5.92 Å². The van der Waals surface area contributed by atoms with Crippen LogP contribution in [-0.4, -0.2) is 27.4 Å². The summed E-state index contributed by atoms with van der Waals surface area (Å²) >= 11 is 0. The number of fused-ring (bicyclic) bond motifs is 2. The summed E-state index contributed by atoms with van der Waals surface area (Å²) in [5, 5.41) is 23.1. The first-order valence-electron chi connectivity index (χ1n) is 11.8. The Morgan fingerprint density at radius 3 is 2.39 bits per heavy atom. The molecule has 0 saturated heterocycles. The number of aliphatic hydroxyl groups is 2. The molecule has 0 bridgehead atoms. The maximum Gasteiger partial charge on any atom is 0.0646 e. The van der Waals surface area contributed by atoms with Crippen molar-refractivity contribution in [3.63, 3.8) is 0 Å². The number of hydrogen-bond acceptors (Lipinski definition) is 3. The summed E-state index contributed by atoms with van der Waals surface area (Å²) in [6, 6.07) is 19.7. The molecule has 33 heavy (non-hydrogen) atoms. The number of nitrogens with zero attached hydrogens (tertiary/aromatic N) is 1. The fourth-order valence-corrected chi connectivity index (χ4v) is 5.72. The second-order valence-electron chi connectivity index (χ2n) is 11.1. The second-order valence-corrected chi connectivity index (χ2v) is 11.1. The van der Waals surface area contributed by atoms with Crippen molar-refractivity contribution in [1.82, 2.24) is 4.98 Å². The number of hydrogen-bond donors (Lipinski definition) is 2. The van der Waals surface area contributed by atoms with Crippen LogP contribution in [0.15, 0.2) is 54.7 Å². The normalized spacial score (nSPS) is 27.1. The molecule has 2 aromatic carbocycles. The first kappa shape index (κ1) is 26.0. The molecule has 179 valence electrons. The van der Waals surface area contributed by atoms with Crippen molar-refractivity contribution in [2.45, 2.75) is 66.1 Å². The van der Waals surface area contributed by atoms with Gasteiger partial charge >= 0.3 is 0 Å². The molecule has 5 rings (SSSR count). The maximum absolute atomic E-state index is 10.3. The molecule has 0 spiro atoms. The molecule has 2 aliphatic carbocycles. The summed E-state index contributed by atoms with van der Waals surface area (Å²) in [6.07, 6.45) is 4.49. The van der Waals surface area contributed by atoms with E-state index in [2.05, 4.69) is 69.9 Å². The number of aliphatic hydroxyl groups excluding tert-OH is 2. The Kier molecular flexibility index (Phi) is 7.86. The molecule has 0 amide bonds. The van der Waals surface area contributed by atoms with E-state index in [9.17, 15) is 10.2 Å². The fraction of sp³-hybridized carbons (Fsp3) is 0.483. The first-order valence-corrected chi connectivity index (χ1v) is 11.8. The predicted octanol–water partition coefficient (Wildman–Crippen LogP) is 6.20. The average molecular weight is 623 g/mol. The van der Waals surface area contributed by atoms with Crippen molar-refractivity contribution < 1.29 is 30.3 Å². The van der Waals surface area contributed by atoms with Gasteiger partial charge < -0.3 is 15.2 Å². The van der Waals surface area contributed by atoms with Crippen molar-refractivity contribution in [2.24, 2.45) is 22.7 Å². The minimum absolute atomic E-state index is 0. The molecule has 4 heteroatoms. The maximum atomic E-state index is 10.3. The molecular weight excluding hydrogens is 587 g/mol. The topological polar surface area (TPSA) is 53.4 Å². The van der Waals surface area contributed by atoms with Crippen molar-refractivity contribution >= 4 is 10.8 Å². The summed E-state index contributed by atoms with van der Waals surface area (Å²) in [7, 11) is 0. The van der Waals surface area contributed by atoms with Crippen molar-refractivity contribution in [2.75, 3.05) is 0 Å². The summed E-state index contributed by atoms with van der Waals surface area (Å²) in [6.45, 7) is 10.6. The van der Waals surface area contributed by atoms with Gasteiger partial charge in [0.1, 0.15) is 0 Å². The first-order chi connectivity index (χ1) is 15.1. The Hall–Kier alpha value is -1.58. The molecule has 3 nitrogen and oxygen atoms in total.